The molecule has 21 heavy (non-hydrogen) atoms. The summed E-state index contributed by atoms with van der Waals surface area (Å²) in [4.78, 5) is 2.43. The van der Waals surface area contributed by atoms with Crippen LogP contribution in [0.15, 0.2) is 42.5 Å². The Morgan fingerprint density at radius 3 is 2.76 bits per heavy atom. The first kappa shape index (κ1) is 14.5. The molecule has 1 unspecified atom stereocenters. The largest absolute Gasteiger partial charge is 0.394 e. The summed E-state index contributed by atoms with van der Waals surface area (Å²) in [6.07, 6.45) is 1.13. The predicted octanol–water partition coefficient (Wildman–Crippen LogP) is 2.34. The van der Waals surface area contributed by atoms with E-state index in [0.29, 0.717) is 0 Å². The van der Waals surface area contributed by atoms with Gasteiger partial charge in [-0.05, 0) is 36.2 Å². The Morgan fingerprint density at radius 1 is 1.10 bits per heavy atom. The van der Waals surface area contributed by atoms with Gasteiger partial charge in [-0.1, -0.05) is 42.5 Å². The van der Waals surface area contributed by atoms with Gasteiger partial charge in [0.05, 0.1) is 12.1 Å². The van der Waals surface area contributed by atoms with E-state index in [0.717, 1.165) is 32.6 Å². The second-order valence-corrected chi connectivity index (χ2v) is 6.05. The van der Waals surface area contributed by atoms with Gasteiger partial charge in [-0.15, -0.1) is 0 Å². The lowest BCUT2D eigenvalue weighted by atomic mass is 9.86. The van der Waals surface area contributed by atoms with Crippen LogP contribution in [0.25, 0.3) is 10.8 Å². The molecule has 0 bridgehead atoms. The summed E-state index contributed by atoms with van der Waals surface area (Å²) in [5, 5.41) is 16.1. The van der Waals surface area contributed by atoms with E-state index in [1.807, 2.05) is 0 Å². The number of rotatable bonds is 3. The molecule has 3 rings (SSSR count). The Hall–Kier alpha value is -1.42. The lowest BCUT2D eigenvalue weighted by Crippen LogP contribution is -2.48. The normalized spacial score (nSPS) is 20.1. The van der Waals surface area contributed by atoms with Crippen molar-refractivity contribution >= 4 is 10.8 Å². The molecule has 1 fully saturated rings. The maximum absolute atomic E-state index is 10.2. The van der Waals surface area contributed by atoms with E-state index in [1.165, 1.54) is 16.3 Å². The first-order valence-electron chi connectivity index (χ1n) is 7.80. The van der Waals surface area contributed by atoms with Gasteiger partial charge in [0, 0.05) is 19.6 Å². The second-order valence-electron chi connectivity index (χ2n) is 6.05. The van der Waals surface area contributed by atoms with Crippen molar-refractivity contribution in [3.8, 4) is 0 Å². The number of aliphatic hydroxyl groups excluding tert-OH is 1. The van der Waals surface area contributed by atoms with E-state index < -0.39 is 0 Å². The molecule has 2 N–H and O–H groups in total. The van der Waals surface area contributed by atoms with Gasteiger partial charge in [-0.25, -0.2) is 0 Å². The average Bonchev–Trinajstić information content (AvgIpc) is 2.83. The van der Waals surface area contributed by atoms with Crippen molar-refractivity contribution in [1.82, 2.24) is 10.2 Å². The Labute approximate surface area is 126 Å². The number of nitrogens with one attached hydrogen (secondary N) is 1. The molecule has 1 saturated heterocycles. The first-order chi connectivity index (χ1) is 10.3. The molecule has 1 aliphatic rings. The topological polar surface area (TPSA) is 35.5 Å². The monoisotopic (exact) mass is 284 g/mol. The van der Waals surface area contributed by atoms with Crippen molar-refractivity contribution in [3.63, 3.8) is 0 Å². The summed E-state index contributed by atoms with van der Waals surface area (Å²) in [5.41, 5.74) is 0.900. The van der Waals surface area contributed by atoms with Crippen LogP contribution in [0, 0.1) is 0 Å². The maximum atomic E-state index is 10.2. The molecular weight excluding hydrogens is 260 g/mol. The Balaban J connectivity index is 2.07. The average molecular weight is 284 g/mol. The van der Waals surface area contributed by atoms with Crippen molar-refractivity contribution in [3.05, 3.63) is 48.0 Å². The zero-order valence-corrected chi connectivity index (χ0v) is 12.7. The minimum Gasteiger partial charge on any atom is -0.394 e. The smallest absolute Gasteiger partial charge is 0.0671 e. The number of hydrogen-bond donors (Lipinski definition) is 2. The van der Waals surface area contributed by atoms with Crippen LogP contribution in [-0.4, -0.2) is 42.8 Å². The fraction of sp³-hybridized carbons (Fsp3) is 0.444. The summed E-state index contributed by atoms with van der Waals surface area (Å²) in [6, 6.07) is 14.8. The van der Waals surface area contributed by atoms with Crippen LogP contribution in [0.5, 0.6) is 0 Å². The van der Waals surface area contributed by atoms with Crippen molar-refractivity contribution in [2.45, 2.75) is 18.9 Å². The van der Waals surface area contributed by atoms with E-state index in [1.54, 1.807) is 0 Å². The van der Waals surface area contributed by atoms with Gasteiger partial charge in [0.25, 0.3) is 0 Å². The molecule has 0 amide bonds. The molecule has 0 spiro atoms. The molecule has 0 aliphatic carbocycles. The number of benzene rings is 2. The fourth-order valence-corrected chi connectivity index (χ4v) is 3.39. The molecule has 112 valence electrons. The molecule has 0 aromatic heterocycles. The van der Waals surface area contributed by atoms with Gasteiger partial charge in [0.15, 0.2) is 0 Å². The van der Waals surface area contributed by atoms with Crippen LogP contribution < -0.4 is 5.32 Å². The predicted molar refractivity (Wildman–Crippen MR) is 87.4 cm³/mol. The third-order valence-corrected chi connectivity index (χ3v) is 4.72. The third kappa shape index (κ3) is 2.69. The molecule has 3 nitrogen and oxygen atoms in total. The fourth-order valence-electron chi connectivity index (χ4n) is 3.39. The van der Waals surface area contributed by atoms with Crippen LogP contribution in [-0.2, 0) is 5.54 Å². The summed E-state index contributed by atoms with van der Waals surface area (Å²) in [7, 11) is 0. The number of nitrogens with zero attached hydrogens (tertiary/aromatic N) is 1. The Morgan fingerprint density at radius 2 is 1.90 bits per heavy atom. The number of fused-ring (bicyclic) bond motifs is 1. The van der Waals surface area contributed by atoms with Gasteiger partial charge in [-0.2, -0.15) is 0 Å². The number of aliphatic hydroxyl groups is 1. The van der Waals surface area contributed by atoms with E-state index in [2.05, 4.69) is 59.6 Å². The van der Waals surface area contributed by atoms with Gasteiger partial charge in [-0.3, -0.25) is 4.90 Å². The second kappa shape index (κ2) is 6.14. The molecule has 2 aromatic carbocycles. The van der Waals surface area contributed by atoms with Gasteiger partial charge in [0.2, 0.25) is 0 Å². The third-order valence-electron chi connectivity index (χ3n) is 4.72. The van der Waals surface area contributed by atoms with Gasteiger partial charge in [0.1, 0.15) is 0 Å². The molecule has 0 saturated carbocycles. The van der Waals surface area contributed by atoms with Gasteiger partial charge < -0.3 is 10.4 Å². The first-order valence-corrected chi connectivity index (χ1v) is 7.80. The highest BCUT2D eigenvalue weighted by molar-refractivity contribution is 5.86. The van der Waals surface area contributed by atoms with Crippen LogP contribution >= 0.6 is 0 Å². The van der Waals surface area contributed by atoms with Crippen LogP contribution in [0.2, 0.25) is 0 Å². The quantitative estimate of drug-likeness (QED) is 0.908. The van der Waals surface area contributed by atoms with E-state index in [-0.39, 0.29) is 12.1 Å². The lowest BCUT2D eigenvalue weighted by molar-refractivity contribution is 0.0464. The van der Waals surface area contributed by atoms with Crippen LogP contribution in [0.1, 0.15) is 18.9 Å². The molecule has 2 aromatic rings. The van der Waals surface area contributed by atoms with Crippen LogP contribution in [0.4, 0.5) is 0 Å². The lowest BCUT2D eigenvalue weighted by Gasteiger charge is -2.40. The summed E-state index contributed by atoms with van der Waals surface area (Å²) in [5.74, 6) is 0. The minimum atomic E-state index is -0.327. The summed E-state index contributed by atoms with van der Waals surface area (Å²) < 4.78 is 0. The zero-order valence-electron chi connectivity index (χ0n) is 12.7. The molecule has 1 atom stereocenters. The molecular formula is C18H24N2O. The summed E-state index contributed by atoms with van der Waals surface area (Å²) >= 11 is 0. The number of hydrogen-bond acceptors (Lipinski definition) is 3. The highest BCUT2D eigenvalue weighted by Crippen LogP contribution is 2.33. The van der Waals surface area contributed by atoms with Crippen molar-refractivity contribution < 1.29 is 5.11 Å². The zero-order chi connectivity index (χ0) is 14.7. The maximum Gasteiger partial charge on any atom is 0.0671 e. The Kier molecular flexibility index (Phi) is 4.24. The van der Waals surface area contributed by atoms with Crippen LogP contribution in [0.3, 0.4) is 0 Å². The molecule has 0 radical (unpaired) electrons. The molecule has 1 aliphatic heterocycles. The minimum absolute atomic E-state index is 0.140. The van der Waals surface area contributed by atoms with Crippen molar-refractivity contribution in [2.75, 3.05) is 32.8 Å². The SMILES string of the molecule is CC(CO)(c1cccc2ccccc12)N1CCCNCC1. The molecule has 1 heterocycles. The van der Waals surface area contributed by atoms with Crippen molar-refractivity contribution in [1.29, 1.82) is 0 Å². The van der Waals surface area contributed by atoms with E-state index in [4.69, 9.17) is 0 Å². The highest BCUT2D eigenvalue weighted by atomic mass is 16.3. The van der Waals surface area contributed by atoms with Gasteiger partial charge >= 0.3 is 0 Å². The summed E-state index contributed by atoms with van der Waals surface area (Å²) in [6.45, 7) is 6.35. The standard InChI is InChI=1S/C18H24N2O/c1-18(14-21,20-12-5-10-19-11-13-20)17-9-4-7-15-6-2-3-8-16(15)17/h2-4,6-9,19,21H,5,10-14H2,1H3. The van der Waals surface area contributed by atoms with Crippen molar-refractivity contribution in [2.24, 2.45) is 0 Å². The molecule has 3 heteroatoms. The Bertz CT molecular complexity index is 600. The highest BCUT2D eigenvalue weighted by Gasteiger charge is 2.34. The van der Waals surface area contributed by atoms with E-state index in [9.17, 15) is 5.11 Å². The van der Waals surface area contributed by atoms with E-state index >= 15 is 0 Å².